The molecule has 0 aromatic heterocycles. The van der Waals surface area contributed by atoms with Crippen LogP contribution in [0.3, 0.4) is 0 Å². The third-order valence-corrected chi connectivity index (χ3v) is 1.64. The Hall–Kier alpha value is -1.21. The van der Waals surface area contributed by atoms with Crippen molar-refractivity contribution in [2.45, 2.75) is 18.9 Å². The van der Waals surface area contributed by atoms with Gasteiger partial charge in [0.1, 0.15) is 0 Å². The molecule has 1 rings (SSSR count). The molecule has 1 aliphatic heterocycles. The van der Waals surface area contributed by atoms with E-state index in [0.29, 0.717) is 18.1 Å². The van der Waals surface area contributed by atoms with Crippen LogP contribution in [0.2, 0.25) is 0 Å². The number of ether oxygens (including phenoxy) is 2. The second kappa shape index (κ2) is 7.13. The highest BCUT2D eigenvalue weighted by atomic mass is 28.3. The molecule has 1 fully saturated rings. The fourth-order valence-corrected chi connectivity index (χ4v) is 0.816. The fraction of sp³-hybridized carbons (Fsp3) is 0.625. The van der Waals surface area contributed by atoms with E-state index in [-0.39, 0.29) is 5.97 Å². The number of carbonyl (C=O) groups excluding carboxylic acids is 1. The average molecular weight is 234 g/mol. The van der Waals surface area contributed by atoms with E-state index in [1.807, 2.05) is 0 Å². The molecule has 6 nitrogen and oxygen atoms in total. The van der Waals surface area contributed by atoms with Gasteiger partial charge in [0.05, 0.1) is 19.8 Å². The van der Waals surface area contributed by atoms with E-state index in [1.54, 1.807) is 0 Å². The van der Waals surface area contributed by atoms with Crippen molar-refractivity contribution >= 4 is 15.1 Å². The van der Waals surface area contributed by atoms with Crippen LogP contribution in [-0.4, -0.2) is 44.6 Å². The Morgan fingerprint density at radius 3 is 2.47 bits per heavy atom. The zero-order valence-corrected chi connectivity index (χ0v) is 9.43. The lowest BCUT2D eigenvalue weighted by molar-refractivity contribution is -0.136. The van der Waals surface area contributed by atoms with Gasteiger partial charge >= 0.3 is 15.1 Å². The number of esters is 1. The van der Waals surface area contributed by atoms with Gasteiger partial charge in [0.15, 0.2) is 0 Å². The number of hydrogen-bond donors (Lipinski definition) is 2. The minimum atomic E-state index is -3.13. The van der Waals surface area contributed by atoms with Crippen LogP contribution < -0.4 is 0 Å². The monoisotopic (exact) mass is 234 g/mol. The summed E-state index contributed by atoms with van der Waals surface area (Å²) in [5.41, 5.74) is 0.531. The van der Waals surface area contributed by atoms with Gasteiger partial charge in [-0.25, -0.2) is 4.79 Å². The smallest absolute Gasteiger partial charge is 0.511 e. The highest BCUT2D eigenvalue weighted by Crippen LogP contribution is 2.18. The van der Waals surface area contributed by atoms with Gasteiger partial charge in [-0.15, -0.1) is 0 Å². The summed E-state index contributed by atoms with van der Waals surface area (Å²) in [6.07, 6.45) is 1.92. The summed E-state index contributed by atoms with van der Waals surface area (Å²) in [6, 6.07) is 0. The Bertz CT molecular complexity index is 244. The molecule has 0 bridgehead atoms. The summed E-state index contributed by atoms with van der Waals surface area (Å²) in [7, 11) is -1.77. The molecule has 0 saturated carbocycles. The molecule has 7 heteroatoms. The first kappa shape index (κ1) is 13.8. The summed E-state index contributed by atoms with van der Waals surface area (Å²) in [5.74, 6) is -0.314. The van der Waals surface area contributed by atoms with E-state index in [4.69, 9.17) is 18.8 Å². The van der Waals surface area contributed by atoms with Crippen molar-refractivity contribution in [3.05, 3.63) is 12.2 Å². The van der Waals surface area contributed by atoms with Crippen molar-refractivity contribution in [3.8, 4) is 0 Å². The first-order chi connectivity index (χ1) is 6.97. The Morgan fingerprint density at radius 1 is 1.67 bits per heavy atom. The van der Waals surface area contributed by atoms with Gasteiger partial charge in [0.25, 0.3) is 0 Å². The highest BCUT2D eigenvalue weighted by Gasteiger charge is 2.22. The Kier molecular flexibility index (Phi) is 6.55. The summed E-state index contributed by atoms with van der Waals surface area (Å²) in [4.78, 5) is 25.1. The lowest BCUT2D eigenvalue weighted by Gasteiger charge is -2.00. The molecule has 0 spiro atoms. The molecule has 1 aliphatic rings. The fourth-order valence-electron chi connectivity index (χ4n) is 0.816. The normalized spacial score (nSPS) is 17.0. The molecular weight excluding hydrogens is 220 g/mol. The van der Waals surface area contributed by atoms with Gasteiger partial charge in [-0.2, -0.15) is 0 Å². The molecule has 1 atom stereocenters. The van der Waals surface area contributed by atoms with Crippen molar-refractivity contribution in [2.75, 3.05) is 13.7 Å². The molecule has 15 heavy (non-hydrogen) atoms. The highest BCUT2D eigenvalue weighted by molar-refractivity contribution is 6.22. The van der Waals surface area contributed by atoms with E-state index in [2.05, 4.69) is 11.3 Å². The van der Waals surface area contributed by atoms with Gasteiger partial charge in [0, 0.05) is 5.57 Å². The second-order valence-electron chi connectivity index (χ2n) is 2.87. The standard InChI is InChI=1S/C8H12O3.H2O3Si/c1-6(8(9)10-2)3-4-7-5-11-7;1-4(2)3/h7H,1,3-5H2,2H3;1-2H. The van der Waals surface area contributed by atoms with E-state index >= 15 is 0 Å². The van der Waals surface area contributed by atoms with Crippen LogP contribution in [0.5, 0.6) is 0 Å². The molecule has 0 amide bonds. The molecule has 2 N–H and O–H groups in total. The molecule has 86 valence electrons. The summed E-state index contributed by atoms with van der Waals surface area (Å²) in [6.45, 7) is 4.42. The van der Waals surface area contributed by atoms with E-state index in [1.165, 1.54) is 7.11 Å². The van der Waals surface area contributed by atoms with Gasteiger partial charge < -0.3 is 19.1 Å². The van der Waals surface area contributed by atoms with Crippen molar-refractivity contribution in [3.63, 3.8) is 0 Å². The number of carbonyl (C=O) groups is 1. The molecule has 0 aliphatic carbocycles. The first-order valence-corrected chi connectivity index (χ1v) is 5.57. The first-order valence-electron chi connectivity index (χ1n) is 4.27. The van der Waals surface area contributed by atoms with Crippen LogP contribution in [0.1, 0.15) is 12.8 Å². The van der Waals surface area contributed by atoms with Crippen LogP contribution in [0.15, 0.2) is 12.2 Å². The Labute approximate surface area is 89.0 Å². The summed E-state index contributed by atoms with van der Waals surface area (Å²) in [5, 5.41) is 0. The van der Waals surface area contributed by atoms with Gasteiger partial charge in [-0.3, -0.25) is 4.46 Å². The van der Waals surface area contributed by atoms with Gasteiger partial charge in [-0.1, -0.05) is 6.58 Å². The molecule has 1 saturated heterocycles. The van der Waals surface area contributed by atoms with Crippen molar-refractivity contribution in [1.82, 2.24) is 0 Å². The SMILES string of the molecule is C=C(CCC1CO1)C(=O)OC.O=[Si](O)O. The number of methoxy groups -OCH3 is 1. The molecule has 0 aromatic rings. The van der Waals surface area contributed by atoms with E-state index in [9.17, 15) is 4.79 Å². The molecule has 1 heterocycles. The topological polar surface area (TPSA) is 96.4 Å². The lowest BCUT2D eigenvalue weighted by atomic mass is 10.1. The Balaban J connectivity index is 0.000000423. The van der Waals surface area contributed by atoms with Crippen LogP contribution in [-0.2, 0) is 18.7 Å². The predicted molar refractivity (Wildman–Crippen MR) is 51.0 cm³/mol. The van der Waals surface area contributed by atoms with Gasteiger partial charge in [0.2, 0.25) is 0 Å². The van der Waals surface area contributed by atoms with Crippen LogP contribution in [0.4, 0.5) is 0 Å². The van der Waals surface area contributed by atoms with Crippen molar-refractivity contribution in [2.24, 2.45) is 0 Å². The second-order valence-corrected chi connectivity index (χ2v) is 3.44. The summed E-state index contributed by atoms with van der Waals surface area (Å²) >= 11 is 0. The maximum absolute atomic E-state index is 10.8. The van der Waals surface area contributed by atoms with Crippen LogP contribution in [0, 0.1) is 0 Å². The van der Waals surface area contributed by atoms with Crippen LogP contribution in [0.25, 0.3) is 0 Å². The minimum Gasteiger partial charge on any atom is -0.511 e. The largest absolute Gasteiger partial charge is 0.761 e. The summed E-state index contributed by atoms with van der Waals surface area (Å²) < 4.78 is 18.2. The quantitative estimate of drug-likeness (QED) is 0.288. The third-order valence-electron chi connectivity index (χ3n) is 1.64. The van der Waals surface area contributed by atoms with Crippen molar-refractivity contribution in [1.29, 1.82) is 0 Å². The number of rotatable bonds is 4. The Morgan fingerprint density at radius 2 is 2.13 bits per heavy atom. The minimum absolute atomic E-state index is 0.314. The van der Waals surface area contributed by atoms with E-state index in [0.717, 1.165) is 13.0 Å². The average Bonchev–Trinajstić information content (AvgIpc) is 2.95. The zero-order chi connectivity index (χ0) is 11.8. The molecule has 0 radical (unpaired) electrons. The number of epoxide rings is 1. The number of hydrogen-bond acceptors (Lipinski definition) is 4. The maximum Gasteiger partial charge on any atom is 0.761 e. The van der Waals surface area contributed by atoms with Gasteiger partial charge in [-0.05, 0) is 12.8 Å². The molecular formula is C8H14O6Si. The molecule has 1 unspecified atom stereocenters. The maximum atomic E-state index is 10.8. The van der Waals surface area contributed by atoms with Crippen molar-refractivity contribution < 1.29 is 28.3 Å². The molecule has 0 aromatic carbocycles. The van der Waals surface area contributed by atoms with Crippen LogP contribution >= 0.6 is 0 Å². The third kappa shape index (κ3) is 9.10. The predicted octanol–water partition coefficient (Wildman–Crippen LogP) is -0.719. The van der Waals surface area contributed by atoms with E-state index < -0.39 is 9.17 Å². The zero-order valence-electron chi connectivity index (χ0n) is 8.43. The lowest BCUT2D eigenvalue weighted by Crippen LogP contribution is -2.04.